The Kier molecular flexibility index (Phi) is 9.71. The monoisotopic (exact) mass is 525 g/mol. The van der Waals surface area contributed by atoms with Crippen molar-refractivity contribution in [3.05, 3.63) is 59.2 Å². The zero-order valence-electron chi connectivity index (χ0n) is 18.2. The SMILES string of the molecule is CCOc1cc(CNC(=NC)N2CCOC(c3ccccc3C)C2)ccc1OC.I. The van der Waals surface area contributed by atoms with Crippen LogP contribution in [0.25, 0.3) is 0 Å². The quantitative estimate of drug-likeness (QED) is 0.349. The maximum Gasteiger partial charge on any atom is 0.194 e. The molecular weight excluding hydrogens is 493 g/mol. The first-order valence-corrected chi connectivity index (χ1v) is 10.1. The van der Waals surface area contributed by atoms with E-state index in [0.29, 0.717) is 19.8 Å². The van der Waals surface area contributed by atoms with Crippen molar-refractivity contribution in [2.75, 3.05) is 40.5 Å². The van der Waals surface area contributed by atoms with Gasteiger partial charge in [0.1, 0.15) is 6.10 Å². The Morgan fingerprint density at radius 3 is 2.73 bits per heavy atom. The average molecular weight is 525 g/mol. The fourth-order valence-corrected chi connectivity index (χ4v) is 3.59. The highest BCUT2D eigenvalue weighted by atomic mass is 127. The molecule has 0 radical (unpaired) electrons. The fourth-order valence-electron chi connectivity index (χ4n) is 3.59. The molecule has 1 saturated heterocycles. The lowest BCUT2D eigenvalue weighted by atomic mass is 10.0. The molecule has 6 nitrogen and oxygen atoms in total. The highest BCUT2D eigenvalue weighted by Gasteiger charge is 2.25. The van der Waals surface area contributed by atoms with Crippen LogP contribution in [0.5, 0.6) is 11.5 Å². The van der Waals surface area contributed by atoms with E-state index in [1.54, 1.807) is 7.11 Å². The molecule has 0 aliphatic carbocycles. The smallest absolute Gasteiger partial charge is 0.194 e. The Balaban J connectivity index is 0.00000320. The molecule has 0 bridgehead atoms. The minimum absolute atomic E-state index is 0. The van der Waals surface area contributed by atoms with Gasteiger partial charge < -0.3 is 24.4 Å². The molecule has 1 aliphatic heterocycles. The Bertz CT molecular complexity index is 844. The number of methoxy groups -OCH3 is 1. The van der Waals surface area contributed by atoms with Gasteiger partial charge in [-0.3, -0.25) is 4.99 Å². The van der Waals surface area contributed by atoms with Crippen LogP contribution < -0.4 is 14.8 Å². The third kappa shape index (κ3) is 6.01. The Hall–Kier alpha value is -2.00. The predicted octanol–water partition coefficient (Wildman–Crippen LogP) is 4.17. The van der Waals surface area contributed by atoms with Gasteiger partial charge in [-0.15, -0.1) is 24.0 Å². The van der Waals surface area contributed by atoms with E-state index in [1.165, 1.54) is 11.1 Å². The number of ether oxygens (including phenoxy) is 3. The maximum atomic E-state index is 6.05. The van der Waals surface area contributed by atoms with E-state index in [-0.39, 0.29) is 30.1 Å². The van der Waals surface area contributed by atoms with E-state index in [4.69, 9.17) is 14.2 Å². The van der Waals surface area contributed by atoms with E-state index in [2.05, 4.69) is 46.4 Å². The maximum absolute atomic E-state index is 6.05. The summed E-state index contributed by atoms with van der Waals surface area (Å²) in [5, 5.41) is 3.47. The average Bonchev–Trinajstić information content (AvgIpc) is 2.75. The van der Waals surface area contributed by atoms with Gasteiger partial charge in [-0.05, 0) is 42.7 Å². The number of aliphatic imine (C=N–C) groups is 1. The first kappa shape index (κ1) is 24.3. The molecule has 164 valence electrons. The number of benzene rings is 2. The van der Waals surface area contributed by atoms with E-state index in [1.807, 2.05) is 32.2 Å². The molecule has 1 unspecified atom stereocenters. The second-order valence-corrected chi connectivity index (χ2v) is 6.98. The minimum atomic E-state index is 0. The number of nitrogens with zero attached hydrogens (tertiary/aromatic N) is 2. The zero-order valence-corrected chi connectivity index (χ0v) is 20.5. The van der Waals surface area contributed by atoms with Crippen molar-refractivity contribution in [1.82, 2.24) is 10.2 Å². The number of rotatable bonds is 6. The standard InChI is InChI=1S/C23H31N3O3.HI/c1-5-28-21-14-18(10-11-20(21)27-4)15-25-23(24-3)26-12-13-29-22(16-26)19-9-7-6-8-17(19)2;/h6-11,14,22H,5,12-13,15-16H2,1-4H3,(H,24,25);1H. The van der Waals surface area contributed by atoms with Gasteiger partial charge in [0.25, 0.3) is 0 Å². The fraction of sp³-hybridized carbons (Fsp3) is 0.435. The molecule has 1 atom stereocenters. The first-order chi connectivity index (χ1) is 14.2. The number of halogens is 1. The normalized spacial score (nSPS) is 16.6. The van der Waals surface area contributed by atoms with Crippen molar-refractivity contribution in [2.45, 2.75) is 26.5 Å². The number of hydrogen-bond donors (Lipinski definition) is 1. The molecule has 2 aromatic rings. The zero-order chi connectivity index (χ0) is 20.6. The Morgan fingerprint density at radius 1 is 1.23 bits per heavy atom. The van der Waals surface area contributed by atoms with Gasteiger partial charge in [0, 0.05) is 20.1 Å². The number of hydrogen-bond acceptors (Lipinski definition) is 4. The van der Waals surface area contributed by atoms with Crippen LogP contribution in [0, 0.1) is 6.92 Å². The highest BCUT2D eigenvalue weighted by molar-refractivity contribution is 14.0. The molecule has 1 N–H and O–H groups in total. The molecule has 0 aromatic heterocycles. The third-order valence-corrected chi connectivity index (χ3v) is 5.09. The molecule has 0 spiro atoms. The van der Waals surface area contributed by atoms with Crippen LogP contribution in [0.4, 0.5) is 0 Å². The first-order valence-electron chi connectivity index (χ1n) is 10.1. The molecular formula is C23H32IN3O3. The van der Waals surface area contributed by atoms with Crippen LogP contribution in [0.3, 0.4) is 0 Å². The van der Waals surface area contributed by atoms with Crippen LogP contribution in [-0.4, -0.2) is 51.3 Å². The third-order valence-electron chi connectivity index (χ3n) is 5.09. The van der Waals surface area contributed by atoms with E-state index in [0.717, 1.165) is 36.1 Å². The van der Waals surface area contributed by atoms with Crippen molar-refractivity contribution >= 4 is 29.9 Å². The van der Waals surface area contributed by atoms with Gasteiger partial charge in [-0.2, -0.15) is 0 Å². The van der Waals surface area contributed by atoms with Gasteiger partial charge in [-0.1, -0.05) is 30.3 Å². The Labute approximate surface area is 196 Å². The molecule has 0 saturated carbocycles. The van der Waals surface area contributed by atoms with Crippen LogP contribution in [0.2, 0.25) is 0 Å². The summed E-state index contributed by atoms with van der Waals surface area (Å²) in [7, 11) is 3.47. The molecule has 1 aliphatic rings. The van der Waals surface area contributed by atoms with Gasteiger partial charge in [0.2, 0.25) is 0 Å². The summed E-state index contributed by atoms with van der Waals surface area (Å²) in [5.41, 5.74) is 3.60. The molecule has 2 aromatic carbocycles. The van der Waals surface area contributed by atoms with Crippen LogP contribution in [0.15, 0.2) is 47.5 Å². The van der Waals surface area contributed by atoms with Crippen LogP contribution in [-0.2, 0) is 11.3 Å². The largest absolute Gasteiger partial charge is 0.493 e. The lowest BCUT2D eigenvalue weighted by Crippen LogP contribution is -2.48. The number of aryl methyl sites for hydroxylation is 1. The summed E-state index contributed by atoms with van der Waals surface area (Å²) in [4.78, 5) is 6.75. The van der Waals surface area contributed by atoms with Crippen molar-refractivity contribution in [1.29, 1.82) is 0 Å². The number of morpholine rings is 1. The molecule has 0 amide bonds. The van der Waals surface area contributed by atoms with Crippen molar-refractivity contribution in [3.8, 4) is 11.5 Å². The molecule has 3 rings (SSSR count). The molecule has 1 fully saturated rings. The summed E-state index contributed by atoms with van der Waals surface area (Å²) >= 11 is 0. The van der Waals surface area contributed by atoms with Crippen molar-refractivity contribution in [2.24, 2.45) is 4.99 Å². The molecule has 30 heavy (non-hydrogen) atoms. The van der Waals surface area contributed by atoms with E-state index in [9.17, 15) is 0 Å². The van der Waals surface area contributed by atoms with Crippen molar-refractivity contribution < 1.29 is 14.2 Å². The van der Waals surface area contributed by atoms with Crippen LogP contribution in [0.1, 0.15) is 29.7 Å². The minimum Gasteiger partial charge on any atom is -0.493 e. The topological polar surface area (TPSA) is 55.3 Å². The highest BCUT2D eigenvalue weighted by Crippen LogP contribution is 2.28. The summed E-state index contributed by atoms with van der Waals surface area (Å²) in [6, 6.07) is 14.4. The van der Waals surface area contributed by atoms with Gasteiger partial charge in [0.15, 0.2) is 17.5 Å². The summed E-state index contributed by atoms with van der Waals surface area (Å²) < 4.78 is 17.1. The van der Waals surface area contributed by atoms with Gasteiger partial charge >= 0.3 is 0 Å². The second-order valence-electron chi connectivity index (χ2n) is 6.98. The molecule has 1 heterocycles. The van der Waals surface area contributed by atoms with Gasteiger partial charge in [0.05, 0.1) is 26.9 Å². The number of nitrogens with one attached hydrogen (secondary N) is 1. The van der Waals surface area contributed by atoms with E-state index >= 15 is 0 Å². The van der Waals surface area contributed by atoms with Crippen LogP contribution >= 0.6 is 24.0 Å². The summed E-state index contributed by atoms with van der Waals surface area (Å²) in [6.07, 6.45) is 0.0500. The van der Waals surface area contributed by atoms with E-state index < -0.39 is 0 Å². The lowest BCUT2D eigenvalue weighted by molar-refractivity contribution is -0.00833. The second kappa shape index (κ2) is 12.0. The number of guanidine groups is 1. The molecule has 7 heteroatoms. The summed E-state index contributed by atoms with van der Waals surface area (Å²) in [5.74, 6) is 2.38. The summed E-state index contributed by atoms with van der Waals surface area (Å²) in [6.45, 7) is 7.62. The predicted molar refractivity (Wildman–Crippen MR) is 131 cm³/mol. The van der Waals surface area contributed by atoms with Crippen molar-refractivity contribution in [3.63, 3.8) is 0 Å². The van der Waals surface area contributed by atoms with Gasteiger partial charge in [-0.25, -0.2) is 0 Å². The Morgan fingerprint density at radius 2 is 2.03 bits per heavy atom. The lowest BCUT2D eigenvalue weighted by Gasteiger charge is -2.35.